The Labute approximate surface area is 120 Å². The molecule has 2 aromatic carbocycles. The van der Waals surface area contributed by atoms with Crippen molar-refractivity contribution in [3.8, 4) is 0 Å². The van der Waals surface area contributed by atoms with Crippen LogP contribution in [0.5, 0.6) is 0 Å². The molecule has 0 atom stereocenters. The number of halogens is 3. The first-order valence-electron chi connectivity index (χ1n) is 6.66. The smallest absolute Gasteiger partial charge is 0.361 e. The van der Waals surface area contributed by atoms with Gasteiger partial charge in [0.15, 0.2) is 0 Å². The van der Waals surface area contributed by atoms with Gasteiger partial charge >= 0.3 is 6.18 Å². The van der Waals surface area contributed by atoms with Crippen molar-refractivity contribution in [1.29, 1.82) is 0 Å². The summed E-state index contributed by atoms with van der Waals surface area (Å²) in [6.45, 7) is 2.02. The Hall–Kier alpha value is -2.23. The van der Waals surface area contributed by atoms with E-state index in [2.05, 4.69) is 11.1 Å². The van der Waals surface area contributed by atoms with Gasteiger partial charge in [0.1, 0.15) is 0 Å². The van der Waals surface area contributed by atoms with E-state index in [1.807, 2.05) is 25.3 Å². The monoisotopic (exact) mass is 289 g/mol. The molecule has 1 aromatic heterocycles. The minimum absolute atomic E-state index is 0.610. The highest BCUT2D eigenvalue weighted by Crippen LogP contribution is 2.30. The molecule has 0 fully saturated rings. The number of H-pyrrole nitrogens is 1. The molecular formula is C17H14F3N. The Morgan fingerprint density at radius 1 is 1.00 bits per heavy atom. The molecule has 0 bridgehead atoms. The molecule has 0 radical (unpaired) electrons. The summed E-state index contributed by atoms with van der Waals surface area (Å²) in [6.07, 6.45) is -1.75. The Bertz CT molecular complexity index is 767. The van der Waals surface area contributed by atoms with Crippen LogP contribution in [0.3, 0.4) is 0 Å². The highest BCUT2D eigenvalue weighted by Gasteiger charge is 2.29. The van der Waals surface area contributed by atoms with Gasteiger partial charge in [-0.05, 0) is 48.2 Å². The molecular weight excluding hydrogens is 275 g/mol. The number of aryl methyl sites for hydroxylation is 1. The zero-order valence-corrected chi connectivity index (χ0v) is 11.5. The largest absolute Gasteiger partial charge is 0.416 e. The van der Waals surface area contributed by atoms with Crippen LogP contribution in [0.2, 0.25) is 0 Å². The van der Waals surface area contributed by atoms with Crippen molar-refractivity contribution in [3.05, 3.63) is 70.9 Å². The molecule has 1 heterocycles. The van der Waals surface area contributed by atoms with E-state index in [0.717, 1.165) is 34.2 Å². The Morgan fingerprint density at radius 2 is 1.71 bits per heavy atom. The summed E-state index contributed by atoms with van der Waals surface area (Å²) in [5.41, 5.74) is 3.57. The first-order chi connectivity index (χ1) is 9.93. The molecule has 108 valence electrons. The third-order valence-electron chi connectivity index (χ3n) is 3.60. The van der Waals surface area contributed by atoms with Gasteiger partial charge in [-0.2, -0.15) is 13.2 Å². The van der Waals surface area contributed by atoms with Gasteiger partial charge in [0.2, 0.25) is 0 Å². The van der Waals surface area contributed by atoms with Crippen molar-refractivity contribution < 1.29 is 13.2 Å². The second-order valence-corrected chi connectivity index (χ2v) is 5.23. The Morgan fingerprint density at radius 3 is 2.38 bits per heavy atom. The van der Waals surface area contributed by atoms with E-state index < -0.39 is 11.7 Å². The van der Waals surface area contributed by atoms with Crippen LogP contribution in [0.25, 0.3) is 10.9 Å². The number of aromatic amines is 1. The standard InChI is InChI=1S/C17H14F3N/c1-11-2-7-15-13(10-21-16(15)8-11)9-12-3-5-14(6-4-12)17(18,19)20/h2-8,10,21H,9H2,1H3. The van der Waals surface area contributed by atoms with Gasteiger partial charge in [-0.1, -0.05) is 24.3 Å². The van der Waals surface area contributed by atoms with E-state index in [9.17, 15) is 13.2 Å². The molecule has 0 saturated carbocycles. The maximum atomic E-state index is 12.5. The molecule has 0 aliphatic heterocycles. The van der Waals surface area contributed by atoms with E-state index >= 15 is 0 Å². The summed E-state index contributed by atoms with van der Waals surface area (Å²) in [6, 6.07) is 11.5. The lowest BCUT2D eigenvalue weighted by Crippen LogP contribution is -2.04. The zero-order valence-electron chi connectivity index (χ0n) is 11.5. The van der Waals surface area contributed by atoms with Crippen molar-refractivity contribution in [2.75, 3.05) is 0 Å². The number of rotatable bonds is 2. The number of nitrogens with one attached hydrogen (secondary N) is 1. The second-order valence-electron chi connectivity index (χ2n) is 5.23. The maximum Gasteiger partial charge on any atom is 0.416 e. The minimum atomic E-state index is -4.28. The van der Waals surface area contributed by atoms with Gasteiger partial charge in [-0.25, -0.2) is 0 Å². The van der Waals surface area contributed by atoms with E-state index in [1.54, 1.807) is 0 Å². The van der Waals surface area contributed by atoms with Crippen LogP contribution in [0.1, 0.15) is 22.3 Å². The summed E-state index contributed by atoms with van der Waals surface area (Å²) in [4.78, 5) is 3.20. The summed E-state index contributed by atoms with van der Waals surface area (Å²) in [7, 11) is 0. The zero-order chi connectivity index (χ0) is 15.0. The van der Waals surface area contributed by atoms with Gasteiger partial charge in [-0.15, -0.1) is 0 Å². The lowest BCUT2D eigenvalue weighted by atomic mass is 10.0. The van der Waals surface area contributed by atoms with Crippen molar-refractivity contribution in [3.63, 3.8) is 0 Å². The molecule has 0 amide bonds. The van der Waals surface area contributed by atoms with Crippen molar-refractivity contribution in [2.24, 2.45) is 0 Å². The average Bonchev–Trinajstić information content (AvgIpc) is 2.80. The molecule has 0 spiro atoms. The number of alkyl halides is 3. The maximum absolute atomic E-state index is 12.5. The fraction of sp³-hybridized carbons (Fsp3) is 0.176. The predicted octanol–water partition coefficient (Wildman–Crippen LogP) is 5.09. The average molecular weight is 289 g/mol. The first kappa shape index (κ1) is 13.7. The van der Waals surface area contributed by atoms with Crippen LogP contribution < -0.4 is 0 Å². The van der Waals surface area contributed by atoms with Crippen molar-refractivity contribution in [1.82, 2.24) is 4.98 Å². The Balaban J connectivity index is 1.88. The molecule has 0 aliphatic carbocycles. The third kappa shape index (κ3) is 2.79. The fourth-order valence-electron chi connectivity index (χ4n) is 2.48. The number of hydrogen-bond donors (Lipinski definition) is 1. The van der Waals surface area contributed by atoms with Crippen LogP contribution in [0.15, 0.2) is 48.7 Å². The summed E-state index contributed by atoms with van der Waals surface area (Å²) < 4.78 is 37.6. The summed E-state index contributed by atoms with van der Waals surface area (Å²) >= 11 is 0. The third-order valence-corrected chi connectivity index (χ3v) is 3.60. The number of benzene rings is 2. The van der Waals surface area contributed by atoms with Crippen LogP contribution in [-0.2, 0) is 12.6 Å². The van der Waals surface area contributed by atoms with Gasteiger partial charge in [-0.3, -0.25) is 0 Å². The van der Waals surface area contributed by atoms with Crippen LogP contribution >= 0.6 is 0 Å². The lowest BCUT2D eigenvalue weighted by molar-refractivity contribution is -0.137. The van der Waals surface area contributed by atoms with Crippen molar-refractivity contribution in [2.45, 2.75) is 19.5 Å². The molecule has 1 N–H and O–H groups in total. The normalized spacial score (nSPS) is 12.0. The molecule has 4 heteroatoms. The fourth-order valence-corrected chi connectivity index (χ4v) is 2.48. The van der Waals surface area contributed by atoms with Crippen LogP contribution in [0, 0.1) is 6.92 Å². The topological polar surface area (TPSA) is 15.8 Å². The van der Waals surface area contributed by atoms with Crippen molar-refractivity contribution >= 4 is 10.9 Å². The first-order valence-corrected chi connectivity index (χ1v) is 6.66. The highest BCUT2D eigenvalue weighted by molar-refractivity contribution is 5.84. The van der Waals surface area contributed by atoms with E-state index in [4.69, 9.17) is 0 Å². The van der Waals surface area contributed by atoms with Gasteiger partial charge in [0, 0.05) is 17.1 Å². The summed E-state index contributed by atoms with van der Waals surface area (Å²) in [5, 5.41) is 1.11. The minimum Gasteiger partial charge on any atom is -0.361 e. The molecule has 0 aliphatic rings. The van der Waals surface area contributed by atoms with E-state index in [1.165, 1.54) is 17.7 Å². The lowest BCUT2D eigenvalue weighted by Gasteiger charge is -2.07. The van der Waals surface area contributed by atoms with Gasteiger partial charge < -0.3 is 4.98 Å². The van der Waals surface area contributed by atoms with E-state index in [-0.39, 0.29) is 0 Å². The van der Waals surface area contributed by atoms with Gasteiger partial charge in [0.05, 0.1) is 5.56 Å². The number of fused-ring (bicyclic) bond motifs is 1. The molecule has 3 aromatic rings. The Kier molecular flexibility index (Phi) is 3.24. The van der Waals surface area contributed by atoms with Crippen LogP contribution in [0.4, 0.5) is 13.2 Å². The quantitative estimate of drug-likeness (QED) is 0.676. The molecule has 0 unspecified atom stereocenters. The number of aromatic nitrogens is 1. The second kappa shape index (κ2) is 4.95. The predicted molar refractivity (Wildman–Crippen MR) is 77.3 cm³/mol. The SMILES string of the molecule is Cc1ccc2c(Cc3ccc(C(F)(F)F)cc3)c[nH]c2c1. The summed E-state index contributed by atoms with van der Waals surface area (Å²) in [5.74, 6) is 0. The van der Waals surface area contributed by atoms with Gasteiger partial charge in [0.25, 0.3) is 0 Å². The van der Waals surface area contributed by atoms with Crippen LogP contribution in [-0.4, -0.2) is 4.98 Å². The highest BCUT2D eigenvalue weighted by atomic mass is 19.4. The molecule has 3 rings (SSSR count). The molecule has 1 nitrogen and oxygen atoms in total. The number of hydrogen-bond acceptors (Lipinski definition) is 0. The van der Waals surface area contributed by atoms with E-state index in [0.29, 0.717) is 6.42 Å². The molecule has 0 saturated heterocycles. The molecule has 21 heavy (non-hydrogen) atoms.